The van der Waals surface area contributed by atoms with Crippen LogP contribution in [0.4, 0.5) is 10.1 Å². The molecular weight excluding hydrogens is 505 g/mol. The molecule has 0 radical (unpaired) electrons. The first-order valence-corrected chi connectivity index (χ1v) is 14.1. The van der Waals surface area contributed by atoms with Crippen LogP contribution >= 0.6 is 0 Å². The summed E-state index contributed by atoms with van der Waals surface area (Å²) in [5, 5.41) is 2.96. The summed E-state index contributed by atoms with van der Waals surface area (Å²) in [5.41, 5.74) is 0.793. The third kappa shape index (κ3) is 8.14. The lowest BCUT2D eigenvalue weighted by Crippen LogP contribution is -2.56. The molecule has 3 aromatic rings. The van der Waals surface area contributed by atoms with E-state index in [-0.39, 0.29) is 24.6 Å². The molecule has 0 bridgehead atoms. The number of anilines is 1. The van der Waals surface area contributed by atoms with Gasteiger partial charge in [0.2, 0.25) is 21.8 Å². The zero-order valence-corrected chi connectivity index (χ0v) is 22.9. The highest BCUT2D eigenvalue weighted by atomic mass is 32.2. The van der Waals surface area contributed by atoms with Gasteiger partial charge in [-0.1, -0.05) is 72.8 Å². The van der Waals surface area contributed by atoms with Gasteiger partial charge in [-0.2, -0.15) is 0 Å². The molecule has 0 unspecified atom stereocenters. The zero-order valence-electron chi connectivity index (χ0n) is 22.1. The Labute approximate surface area is 224 Å². The molecule has 0 aromatic heterocycles. The first kappa shape index (κ1) is 28.8. The molecule has 202 valence electrons. The van der Waals surface area contributed by atoms with Gasteiger partial charge < -0.3 is 10.2 Å². The van der Waals surface area contributed by atoms with Crippen molar-refractivity contribution in [3.8, 4) is 0 Å². The van der Waals surface area contributed by atoms with Gasteiger partial charge in [0, 0.05) is 18.5 Å². The fourth-order valence-corrected chi connectivity index (χ4v) is 4.89. The van der Waals surface area contributed by atoms with Crippen LogP contribution in [-0.2, 0) is 32.6 Å². The Kier molecular flexibility index (Phi) is 9.27. The minimum absolute atomic E-state index is 0.0591. The van der Waals surface area contributed by atoms with E-state index >= 15 is 0 Å². The van der Waals surface area contributed by atoms with Crippen molar-refractivity contribution in [2.75, 3.05) is 17.1 Å². The minimum Gasteiger partial charge on any atom is -0.350 e. The first-order valence-electron chi connectivity index (χ1n) is 12.3. The van der Waals surface area contributed by atoms with Crippen molar-refractivity contribution in [2.45, 2.75) is 45.3 Å². The van der Waals surface area contributed by atoms with E-state index in [4.69, 9.17) is 0 Å². The van der Waals surface area contributed by atoms with Crippen LogP contribution in [0.2, 0.25) is 0 Å². The van der Waals surface area contributed by atoms with E-state index in [2.05, 4.69) is 5.32 Å². The highest BCUT2D eigenvalue weighted by Crippen LogP contribution is 2.23. The fraction of sp³-hybridized carbons (Fsp3) is 0.310. The van der Waals surface area contributed by atoms with Gasteiger partial charge in [-0.05, 0) is 44.0 Å². The summed E-state index contributed by atoms with van der Waals surface area (Å²) in [7, 11) is -4.03. The number of nitrogens with one attached hydrogen (secondary N) is 1. The number of para-hydroxylation sites is 1. The van der Waals surface area contributed by atoms with Gasteiger partial charge >= 0.3 is 0 Å². The normalized spacial score (nSPS) is 12.4. The summed E-state index contributed by atoms with van der Waals surface area (Å²) in [6.07, 6.45) is 1.13. The molecule has 0 heterocycles. The Bertz CT molecular complexity index is 1340. The Balaban J connectivity index is 2.06. The number of rotatable bonds is 10. The zero-order chi connectivity index (χ0) is 27.9. The third-order valence-corrected chi connectivity index (χ3v) is 6.89. The Hall–Kier alpha value is -3.72. The van der Waals surface area contributed by atoms with Gasteiger partial charge in [0.1, 0.15) is 18.4 Å². The second kappa shape index (κ2) is 12.2. The van der Waals surface area contributed by atoms with Crippen LogP contribution < -0.4 is 9.62 Å². The largest absolute Gasteiger partial charge is 0.350 e. The summed E-state index contributed by atoms with van der Waals surface area (Å²) < 4.78 is 40.8. The van der Waals surface area contributed by atoms with Crippen molar-refractivity contribution >= 4 is 27.5 Å². The molecule has 0 aliphatic heterocycles. The van der Waals surface area contributed by atoms with Crippen molar-refractivity contribution in [3.63, 3.8) is 0 Å². The SMILES string of the molecule is CC(C)(C)NC(=O)[C@H](Cc1ccccc1)N(Cc1ccccc1)C(=O)CN(c1ccccc1F)S(C)(=O)=O. The molecule has 0 saturated carbocycles. The first-order chi connectivity index (χ1) is 17.8. The third-order valence-electron chi connectivity index (χ3n) is 5.77. The predicted molar refractivity (Wildman–Crippen MR) is 147 cm³/mol. The second-order valence-electron chi connectivity index (χ2n) is 10.2. The van der Waals surface area contributed by atoms with E-state index in [0.29, 0.717) is 0 Å². The fourth-order valence-electron chi connectivity index (χ4n) is 4.04. The molecule has 2 amide bonds. The van der Waals surface area contributed by atoms with E-state index in [9.17, 15) is 22.4 Å². The number of hydrogen-bond donors (Lipinski definition) is 1. The van der Waals surface area contributed by atoms with E-state index in [0.717, 1.165) is 27.8 Å². The number of carbonyl (C=O) groups excluding carboxylic acids is 2. The molecule has 0 fully saturated rings. The van der Waals surface area contributed by atoms with Crippen molar-refractivity contribution in [3.05, 3.63) is 102 Å². The van der Waals surface area contributed by atoms with Crippen LogP contribution in [0.1, 0.15) is 31.9 Å². The van der Waals surface area contributed by atoms with Gasteiger partial charge in [0.05, 0.1) is 11.9 Å². The van der Waals surface area contributed by atoms with Gasteiger partial charge in [-0.25, -0.2) is 12.8 Å². The topological polar surface area (TPSA) is 86.8 Å². The Morgan fingerprint density at radius 1 is 0.868 bits per heavy atom. The monoisotopic (exact) mass is 539 g/mol. The lowest BCUT2D eigenvalue weighted by atomic mass is 10.0. The highest BCUT2D eigenvalue weighted by molar-refractivity contribution is 7.92. The Morgan fingerprint density at radius 3 is 1.92 bits per heavy atom. The van der Waals surface area contributed by atoms with Crippen molar-refractivity contribution in [1.82, 2.24) is 10.2 Å². The number of carbonyl (C=O) groups is 2. The number of halogens is 1. The standard InChI is InChI=1S/C29H34FN3O4S/c1-29(2,3)31-28(35)26(19-22-13-7-5-8-14-22)32(20-23-15-9-6-10-16-23)27(34)21-33(38(4,36)37)25-18-12-11-17-24(25)30/h5-18,26H,19-21H2,1-4H3,(H,31,35)/t26-/m0/s1. The lowest BCUT2D eigenvalue weighted by molar-refractivity contribution is -0.140. The smallest absolute Gasteiger partial charge is 0.244 e. The number of hydrogen-bond acceptors (Lipinski definition) is 4. The van der Waals surface area contributed by atoms with E-state index < -0.39 is 39.9 Å². The number of sulfonamides is 1. The van der Waals surface area contributed by atoms with Gasteiger partial charge in [0.15, 0.2) is 0 Å². The van der Waals surface area contributed by atoms with E-state index in [1.165, 1.54) is 23.1 Å². The summed E-state index contributed by atoms with van der Waals surface area (Å²) in [6, 6.07) is 22.8. The molecule has 1 N–H and O–H groups in total. The molecule has 0 spiro atoms. The summed E-state index contributed by atoms with van der Waals surface area (Å²) >= 11 is 0. The molecule has 0 aliphatic rings. The van der Waals surface area contributed by atoms with Crippen LogP contribution in [0.3, 0.4) is 0 Å². The highest BCUT2D eigenvalue weighted by Gasteiger charge is 2.34. The molecule has 38 heavy (non-hydrogen) atoms. The van der Waals surface area contributed by atoms with Crippen LogP contribution in [0.5, 0.6) is 0 Å². The van der Waals surface area contributed by atoms with Gasteiger partial charge in [-0.15, -0.1) is 0 Å². The van der Waals surface area contributed by atoms with Crippen molar-refractivity contribution in [2.24, 2.45) is 0 Å². The number of nitrogens with zero attached hydrogens (tertiary/aromatic N) is 2. The minimum atomic E-state index is -4.03. The molecule has 0 aliphatic carbocycles. The summed E-state index contributed by atoms with van der Waals surface area (Å²) in [6.45, 7) is 4.93. The van der Waals surface area contributed by atoms with E-state index in [1.807, 2.05) is 81.4 Å². The van der Waals surface area contributed by atoms with Crippen LogP contribution in [0, 0.1) is 5.82 Å². The van der Waals surface area contributed by atoms with Crippen LogP contribution in [0.15, 0.2) is 84.9 Å². The summed E-state index contributed by atoms with van der Waals surface area (Å²) in [5.74, 6) is -1.78. The molecular formula is C29H34FN3O4S. The quantitative estimate of drug-likeness (QED) is 0.420. The van der Waals surface area contributed by atoms with Gasteiger partial charge in [-0.3, -0.25) is 13.9 Å². The second-order valence-corrected chi connectivity index (χ2v) is 12.1. The number of amides is 2. The molecule has 3 rings (SSSR count). The molecule has 7 nitrogen and oxygen atoms in total. The van der Waals surface area contributed by atoms with Gasteiger partial charge in [0.25, 0.3) is 0 Å². The average Bonchev–Trinajstić information content (AvgIpc) is 2.84. The maximum atomic E-state index is 14.6. The molecule has 3 aromatic carbocycles. The Morgan fingerprint density at radius 2 is 1.39 bits per heavy atom. The van der Waals surface area contributed by atoms with Crippen molar-refractivity contribution in [1.29, 1.82) is 0 Å². The molecule has 1 atom stereocenters. The maximum Gasteiger partial charge on any atom is 0.244 e. The van der Waals surface area contributed by atoms with E-state index in [1.54, 1.807) is 0 Å². The maximum absolute atomic E-state index is 14.6. The molecule has 0 saturated heterocycles. The lowest BCUT2D eigenvalue weighted by Gasteiger charge is -2.35. The van der Waals surface area contributed by atoms with Crippen molar-refractivity contribution < 1.29 is 22.4 Å². The summed E-state index contributed by atoms with van der Waals surface area (Å²) in [4.78, 5) is 28.9. The van der Waals surface area contributed by atoms with Crippen LogP contribution in [-0.4, -0.2) is 49.5 Å². The number of benzene rings is 3. The van der Waals surface area contributed by atoms with Crippen LogP contribution in [0.25, 0.3) is 0 Å². The predicted octanol–water partition coefficient (Wildman–Crippen LogP) is 4.15. The molecule has 9 heteroatoms. The average molecular weight is 540 g/mol.